The Morgan fingerprint density at radius 3 is 2.29 bits per heavy atom. The summed E-state index contributed by atoms with van der Waals surface area (Å²) in [7, 11) is 0. The lowest BCUT2D eigenvalue weighted by atomic mass is 9.70. The Hall–Kier alpha value is 0.270. The fourth-order valence-electron chi connectivity index (χ4n) is 4.18. The van der Waals surface area contributed by atoms with Gasteiger partial charge in [-0.15, -0.1) is 0 Å². The minimum Gasteiger partial charge on any atom is -0.316 e. The van der Waals surface area contributed by atoms with Crippen LogP contribution in [-0.4, -0.2) is 48.1 Å². The van der Waals surface area contributed by atoms with E-state index in [0.29, 0.717) is 5.41 Å². The zero-order chi connectivity index (χ0) is 15.3. The topological polar surface area (TPSA) is 15.3 Å². The van der Waals surface area contributed by atoms with Crippen molar-refractivity contribution in [3.8, 4) is 0 Å². The van der Waals surface area contributed by atoms with E-state index in [2.05, 4.69) is 49.7 Å². The maximum atomic E-state index is 3.74. The summed E-state index contributed by atoms with van der Waals surface area (Å²) in [5, 5.41) is 5.35. The second-order valence-corrected chi connectivity index (χ2v) is 9.69. The fraction of sp³-hybridized carbons (Fsp3) is 1.00. The van der Waals surface area contributed by atoms with Crippen LogP contribution in [0.5, 0.6) is 0 Å². The van der Waals surface area contributed by atoms with E-state index in [9.17, 15) is 0 Å². The Balaban J connectivity index is 1.94. The van der Waals surface area contributed by atoms with E-state index in [1.165, 1.54) is 64.8 Å². The van der Waals surface area contributed by atoms with Crippen LogP contribution < -0.4 is 5.32 Å². The molecule has 3 heteroatoms. The molecule has 0 spiro atoms. The summed E-state index contributed by atoms with van der Waals surface area (Å²) in [6.07, 6.45) is 6.97. The van der Waals surface area contributed by atoms with Gasteiger partial charge >= 0.3 is 0 Å². The Morgan fingerprint density at radius 2 is 1.71 bits per heavy atom. The van der Waals surface area contributed by atoms with E-state index in [0.717, 1.165) is 16.4 Å². The maximum Gasteiger partial charge on any atom is 0.0149 e. The Kier molecular flexibility index (Phi) is 6.89. The highest BCUT2D eigenvalue weighted by Crippen LogP contribution is 2.40. The van der Waals surface area contributed by atoms with Crippen LogP contribution in [-0.2, 0) is 0 Å². The molecule has 21 heavy (non-hydrogen) atoms. The first-order valence-electron chi connectivity index (χ1n) is 9.11. The molecule has 2 fully saturated rings. The van der Waals surface area contributed by atoms with Crippen molar-refractivity contribution in [2.24, 2.45) is 11.3 Å². The monoisotopic (exact) mass is 312 g/mol. The van der Waals surface area contributed by atoms with Crippen molar-refractivity contribution in [2.75, 3.05) is 32.7 Å². The Morgan fingerprint density at radius 1 is 1.10 bits per heavy atom. The third kappa shape index (κ3) is 5.44. The van der Waals surface area contributed by atoms with Crippen LogP contribution in [0.2, 0.25) is 0 Å². The molecule has 0 radical (unpaired) electrons. The van der Waals surface area contributed by atoms with Crippen molar-refractivity contribution in [3.05, 3.63) is 0 Å². The first kappa shape index (κ1) is 17.6. The van der Waals surface area contributed by atoms with E-state index in [1.54, 1.807) is 0 Å². The third-order valence-electron chi connectivity index (χ3n) is 5.32. The van der Waals surface area contributed by atoms with Gasteiger partial charge in [-0.1, -0.05) is 40.5 Å². The van der Waals surface area contributed by atoms with Crippen molar-refractivity contribution < 1.29 is 0 Å². The molecule has 0 aromatic heterocycles. The number of nitrogens with zero attached hydrogens (tertiary/aromatic N) is 1. The number of rotatable bonds is 6. The molecule has 1 saturated heterocycles. The first-order valence-corrected chi connectivity index (χ1v) is 10.1. The number of hydrogen-bond acceptors (Lipinski definition) is 3. The molecule has 2 unspecified atom stereocenters. The standard InChI is InChI=1S/C18H36N2S/c1-5-10-19-13-18(8-6-15(2)7-9-18)14-20-11-16(3)21-17(4)12-20/h15-17,19H,5-14H2,1-4H3. The SMILES string of the molecule is CCCNCC1(CN2CC(C)SC(C)C2)CCC(C)CC1. The van der Waals surface area contributed by atoms with Gasteiger partial charge in [-0.2, -0.15) is 11.8 Å². The Labute approximate surface area is 136 Å². The van der Waals surface area contributed by atoms with E-state index in [4.69, 9.17) is 0 Å². The van der Waals surface area contributed by atoms with E-state index < -0.39 is 0 Å². The van der Waals surface area contributed by atoms with Crippen molar-refractivity contribution in [2.45, 2.75) is 70.3 Å². The summed E-state index contributed by atoms with van der Waals surface area (Å²) >= 11 is 2.17. The van der Waals surface area contributed by atoms with Gasteiger partial charge in [0, 0.05) is 36.7 Å². The molecule has 1 heterocycles. The fourth-order valence-corrected chi connectivity index (χ4v) is 5.57. The highest BCUT2D eigenvalue weighted by atomic mass is 32.2. The highest BCUT2D eigenvalue weighted by molar-refractivity contribution is 8.00. The van der Waals surface area contributed by atoms with Gasteiger partial charge in [0.1, 0.15) is 0 Å². The molecule has 1 saturated carbocycles. The predicted octanol–water partition coefficient (Wildman–Crippen LogP) is 4.01. The average Bonchev–Trinajstić information content (AvgIpc) is 2.41. The lowest BCUT2D eigenvalue weighted by Crippen LogP contribution is -2.50. The molecule has 2 atom stereocenters. The van der Waals surface area contributed by atoms with Gasteiger partial charge < -0.3 is 10.2 Å². The number of thioether (sulfide) groups is 1. The van der Waals surface area contributed by atoms with Crippen molar-refractivity contribution in [3.63, 3.8) is 0 Å². The van der Waals surface area contributed by atoms with Gasteiger partial charge in [-0.3, -0.25) is 0 Å². The third-order valence-corrected chi connectivity index (χ3v) is 6.54. The summed E-state index contributed by atoms with van der Waals surface area (Å²) in [6.45, 7) is 15.8. The molecule has 0 amide bonds. The van der Waals surface area contributed by atoms with Gasteiger partial charge in [0.15, 0.2) is 0 Å². The predicted molar refractivity (Wildman–Crippen MR) is 96.2 cm³/mol. The molecule has 124 valence electrons. The van der Waals surface area contributed by atoms with Crippen LogP contribution in [0.15, 0.2) is 0 Å². The smallest absolute Gasteiger partial charge is 0.0149 e. The van der Waals surface area contributed by atoms with E-state index >= 15 is 0 Å². The van der Waals surface area contributed by atoms with E-state index in [1.807, 2.05) is 0 Å². The lowest BCUT2D eigenvalue weighted by Gasteiger charge is -2.45. The molecular formula is C18H36N2S. The molecule has 2 rings (SSSR count). The maximum absolute atomic E-state index is 3.74. The van der Waals surface area contributed by atoms with Gasteiger partial charge in [-0.05, 0) is 37.1 Å². The minimum atomic E-state index is 0.545. The number of hydrogen-bond donors (Lipinski definition) is 1. The van der Waals surface area contributed by atoms with Crippen LogP contribution in [0.4, 0.5) is 0 Å². The zero-order valence-electron chi connectivity index (χ0n) is 14.7. The van der Waals surface area contributed by atoms with Crippen LogP contribution in [0, 0.1) is 11.3 Å². The average molecular weight is 313 g/mol. The van der Waals surface area contributed by atoms with Crippen LogP contribution >= 0.6 is 11.8 Å². The van der Waals surface area contributed by atoms with Crippen molar-refractivity contribution in [1.82, 2.24) is 10.2 Å². The van der Waals surface area contributed by atoms with Crippen LogP contribution in [0.1, 0.15) is 59.8 Å². The van der Waals surface area contributed by atoms with Gasteiger partial charge in [-0.25, -0.2) is 0 Å². The summed E-state index contributed by atoms with van der Waals surface area (Å²) in [6, 6.07) is 0. The summed E-state index contributed by atoms with van der Waals surface area (Å²) in [4.78, 5) is 2.77. The lowest BCUT2D eigenvalue weighted by molar-refractivity contribution is 0.0855. The summed E-state index contributed by atoms with van der Waals surface area (Å²) < 4.78 is 0. The molecule has 1 aliphatic carbocycles. The van der Waals surface area contributed by atoms with Gasteiger partial charge in [0.2, 0.25) is 0 Å². The minimum absolute atomic E-state index is 0.545. The zero-order valence-corrected chi connectivity index (χ0v) is 15.5. The highest BCUT2D eigenvalue weighted by Gasteiger charge is 2.37. The van der Waals surface area contributed by atoms with E-state index in [-0.39, 0.29) is 0 Å². The second kappa shape index (κ2) is 8.21. The molecule has 0 aromatic rings. The van der Waals surface area contributed by atoms with Crippen LogP contribution in [0.25, 0.3) is 0 Å². The molecule has 0 aromatic carbocycles. The Bertz CT molecular complexity index is 290. The molecule has 2 aliphatic rings. The van der Waals surface area contributed by atoms with Gasteiger partial charge in [0.25, 0.3) is 0 Å². The normalized spacial score (nSPS) is 38.6. The molecule has 2 nitrogen and oxygen atoms in total. The van der Waals surface area contributed by atoms with Gasteiger partial charge in [0.05, 0.1) is 0 Å². The molecule has 1 N–H and O–H groups in total. The summed E-state index contributed by atoms with van der Waals surface area (Å²) in [5.74, 6) is 0.944. The molecule has 0 bridgehead atoms. The van der Waals surface area contributed by atoms with Crippen LogP contribution in [0.3, 0.4) is 0 Å². The molecule has 1 aliphatic heterocycles. The molecular weight excluding hydrogens is 276 g/mol. The first-order chi connectivity index (χ1) is 10.0. The van der Waals surface area contributed by atoms with Crippen molar-refractivity contribution in [1.29, 1.82) is 0 Å². The van der Waals surface area contributed by atoms with Crippen molar-refractivity contribution >= 4 is 11.8 Å². The second-order valence-electron chi connectivity index (χ2n) is 7.81. The summed E-state index contributed by atoms with van der Waals surface area (Å²) in [5.41, 5.74) is 0.545. The largest absolute Gasteiger partial charge is 0.316 e. The quantitative estimate of drug-likeness (QED) is 0.746. The number of nitrogens with one attached hydrogen (secondary N) is 1.